The van der Waals surface area contributed by atoms with Gasteiger partial charge in [-0.3, -0.25) is 9.78 Å². The van der Waals surface area contributed by atoms with E-state index in [1.54, 1.807) is 18.5 Å². The van der Waals surface area contributed by atoms with Crippen molar-refractivity contribution < 1.29 is 4.79 Å². The molecule has 0 radical (unpaired) electrons. The Bertz CT molecular complexity index is 663. The van der Waals surface area contributed by atoms with Gasteiger partial charge in [-0.1, -0.05) is 18.2 Å². The summed E-state index contributed by atoms with van der Waals surface area (Å²) < 4.78 is 0. The maximum Gasteiger partial charge on any atom is 0.244 e. The Morgan fingerprint density at radius 2 is 2.14 bits per heavy atom. The molecule has 2 rings (SSSR count). The molecule has 0 saturated heterocycles. The van der Waals surface area contributed by atoms with E-state index in [0.717, 1.165) is 11.1 Å². The molecular weight excluding hydrogens is 274 g/mol. The summed E-state index contributed by atoms with van der Waals surface area (Å²) in [7, 11) is 4.04. The first-order valence-electron chi connectivity index (χ1n) is 7.19. The van der Waals surface area contributed by atoms with Crippen LogP contribution in [-0.2, 0) is 11.3 Å². The van der Waals surface area contributed by atoms with Gasteiger partial charge < -0.3 is 10.2 Å². The fraction of sp³-hybridized carbons (Fsp3) is 0.222. The second-order valence-electron chi connectivity index (χ2n) is 5.35. The van der Waals surface area contributed by atoms with Crippen molar-refractivity contribution in [3.05, 3.63) is 65.5 Å². The normalized spacial score (nSPS) is 10.7. The number of aromatic nitrogens is 1. The van der Waals surface area contributed by atoms with E-state index in [2.05, 4.69) is 34.3 Å². The Labute approximate surface area is 131 Å². The van der Waals surface area contributed by atoms with E-state index < -0.39 is 0 Å². The van der Waals surface area contributed by atoms with Gasteiger partial charge in [0.15, 0.2) is 0 Å². The van der Waals surface area contributed by atoms with Gasteiger partial charge in [-0.25, -0.2) is 0 Å². The van der Waals surface area contributed by atoms with Crippen molar-refractivity contribution in [3.8, 4) is 0 Å². The van der Waals surface area contributed by atoms with E-state index in [9.17, 15) is 4.79 Å². The number of pyridine rings is 1. The van der Waals surface area contributed by atoms with E-state index in [0.29, 0.717) is 6.54 Å². The minimum Gasteiger partial charge on any atom is -0.377 e. The molecule has 1 heterocycles. The van der Waals surface area contributed by atoms with Gasteiger partial charge in [-0.05, 0) is 41.8 Å². The lowest BCUT2D eigenvalue weighted by molar-refractivity contribution is -0.116. The fourth-order valence-corrected chi connectivity index (χ4v) is 2.22. The monoisotopic (exact) mass is 295 g/mol. The van der Waals surface area contributed by atoms with E-state index in [1.807, 2.05) is 32.3 Å². The van der Waals surface area contributed by atoms with Crippen molar-refractivity contribution in [2.75, 3.05) is 19.0 Å². The summed E-state index contributed by atoms with van der Waals surface area (Å²) in [5, 5.41) is 2.89. The summed E-state index contributed by atoms with van der Waals surface area (Å²) in [5.41, 5.74) is 4.38. The third kappa shape index (κ3) is 4.45. The van der Waals surface area contributed by atoms with Crippen LogP contribution in [-0.4, -0.2) is 25.0 Å². The molecule has 114 valence electrons. The lowest BCUT2D eigenvalue weighted by Crippen LogP contribution is -2.20. The number of carbonyl (C=O) groups excluding carboxylic acids is 1. The summed E-state index contributed by atoms with van der Waals surface area (Å²) in [4.78, 5) is 17.9. The average molecular weight is 295 g/mol. The van der Waals surface area contributed by atoms with Gasteiger partial charge >= 0.3 is 0 Å². The minimum atomic E-state index is -0.113. The maximum atomic E-state index is 11.8. The molecule has 0 saturated carbocycles. The van der Waals surface area contributed by atoms with Crippen LogP contribution >= 0.6 is 0 Å². The highest BCUT2D eigenvalue weighted by Crippen LogP contribution is 2.18. The third-order valence-corrected chi connectivity index (χ3v) is 3.32. The molecule has 1 aromatic carbocycles. The van der Waals surface area contributed by atoms with Crippen molar-refractivity contribution >= 4 is 17.7 Å². The average Bonchev–Trinajstić information content (AvgIpc) is 2.51. The van der Waals surface area contributed by atoms with Crippen LogP contribution in [0.2, 0.25) is 0 Å². The van der Waals surface area contributed by atoms with Crippen molar-refractivity contribution in [2.45, 2.75) is 13.5 Å². The summed E-state index contributed by atoms with van der Waals surface area (Å²) >= 11 is 0. The molecule has 2 aromatic rings. The second-order valence-corrected chi connectivity index (χ2v) is 5.35. The maximum absolute atomic E-state index is 11.8. The molecule has 0 spiro atoms. The summed E-state index contributed by atoms with van der Waals surface area (Å²) in [6.45, 7) is 2.59. The topological polar surface area (TPSA) is 45.2 Å². The third-order valence-electron chi connectivity index (χ3n) is 3.32. The molecule has 22 heavy (non-hydrogen) atoms. The van der Waals surface area contributed by atoms with Crippen LogP contribution in [0, 0.1) is 6.92 Å². The van der Waals surface area contributed by atoms with Crippen LogP contribution in [0.5, 0.6) is 0 Å². The largest absolute Gasteiger partial charge is 0.377 e. The van der Waals surface area contributed by atoms with Crippen molar-refractivity contribution in [2.24, 2.45) is 0 Å². The van der Waals surface area contributed by atoms with Crippen LogP contribution in [0.25, 0.3) is 6.08 Å². The molecule has 0 aliphatic carbocycles. The van der Waals surface area contributed by atoms with E-state index in [-0.39, 0.29) is 5.91 Å². The zero-order valence-corrected chi connectivity index (χ0v) is 13.2. The van der Waals surface area contributed by atoms with Gasteiger partial charge in [-0.15, -0.1) is 0 Å². The Kier molecular flexibility index (Phi) is 5.31. The Balaban J connectivity index is 1.91. The highest BCUT2D eigenvalue weighted by molar-refractivity contribution is 5.91. The number of aryl methyl sites for hydroxylation is 1. The summed E-state index contributed by atoms with van der Waals surface area (Å²) in [5.74, 6) is -0.113. The van der Waals surface area contributed by atoms with Gasteiger partial charge in [0.2, 0.25) is 5.91 Å². The quantitative estimate of drug-likeness (QED) is 0.863. The van der Waals surface area contributed by atoms with Gasteiger partial charge in [-0.2, -0.15) is 0 Å². The fourth-order valence-electron chi connectivity index (χ4n) is 2.22. The lowest BCUT2D eigenvalue weighted by atomic mass is 10.1. The first kappa shape index (κ1) is 15.8. The number of nitrogens with one attached hydrogen (secondary N) is 1. The molecule has 4 nitrogen and oxygen atoms in total. The highest BCUT2D eigenvalue weighted by atomic mass is 16.1. The molecule has 1 N–H and O–H groups in total. The van der Waals surface area contributed by atoms with Crippen molar-refractivity contribution in [1.82, 2.24) is 10.3 Å². The number of hydrogen-bond acceptors (Lipinski definition) is 3. The Hall–Kier alpha value is -2.62. The second kappa shape index (κ2) is 7.41. The van der Waals surface area contributed by atoms with Gasteiger partial charge in [0.05, 0.1) is 0 Å². The molecule has 0 unspecified atom stereocenters. The van der Waals surface area contributed by atoms with E-state index in [1.165, 1.54) is 17.3 Å². The number of anilines is 1. The van der Waals surface area contributed by atoms with Gasteiger partial charge in [0.25, 0.3) is 0 Å². The number of rotatable bonds is 5. The number of carbonyl (C=O) groups is 1. The van der Waals surface area contributed by atoms with Crippen LogP contribution < -0.4 is 10.2 Å². The number of hydrogen-bond donors (Lipinski definition) is 1. The van der Waals surface area contributed by atoms with E-state index in [4.69, 9.17) is 0 Å². The Morgan fingerprint density at radius 3 is 2.77 bits per heavy atom. The van der Waals surface area contributed by atoms with Crippen LogP contribution in [0.4, 0.5) is 5.69 Å². The minimum absolute atomic E-state index is 0.113. The first-order chi connectivity index (χ1) is 10.6. The molecule has 1 aromatic heterocycles. The molecule has 0 aliphatic heterocycles. The number of nitrogens with zero attached hydrogens (tertiary/aromatic N) is 2. The standard InChI is InChI=1S/C18H21N3O/c1-14-11-16(6-8-17(14)21(2)3)13-20-18(22)9-7-15-5-4-10-19-12-15/h4-12H,13H2,1-3H3,(H,20,22). The number of amides is 1. The predicted molar refractivity (Wildman–Crippen MR) is 90.6 cm³/mol. The van der Waals surface area contributed by atoms with E-state index >= 15 is 0 Å². The molecule has 0 bridgehead atoms. The predicted octanol–water partition coefficient (Wildman–Crippen LogP) is 2.79. The molecule has 0 atom stereocenters. The summed E-state index contributed by atoms with van der Waals surface area (Å²) in [6, 6.07) is 9.95. The van der Waals surface area contributed by atoms with Crippen LogP contribution in [0.3, 0.4) is 0 Å². The first-order valence-corrected chi connectivity index (χ1v) is 7.19. The van der Waals surface area contributed by atoms with Crippen molar-refractivity contribution in [1.29, 1.82) is 0 Å². The van der Waals surface area contributed by atoms with Crippen LogP contribution in [0.15, 0.2) is 48.8 Å². The lowest BCUT2D eigenvalue weighted by Gasteiger charge is -2.16. The number of benzene rings is 1. The van der Waals surface area contributed by atoms with Crippen LogP contribution in [0.1, 0.15) is 16.7 Å². The summed E-state index contributed by atoms with van der Waals surface area (Å²) in [6.07, 6.45) is 6.70. The molecule has 1 amide bonds. The Morgan fingerprint density at radius 1 is 1.32 bits per heavy atom. The molecule has 4 heteroatoms. The molecule has 0 fully saturated rings. The van der Waals surface area contributed by atoms with Gasteiger partial charge in [0.1, 0.15) is 0 Å². The SMILES string of the molecule is Cc1cc(CNC(=O)C=Cc2cccnc2)ccc1N(C)C. The smallest absolute Gasteiger partial charge is 0.244 e. The highest BCUT2D eigenvalue weighted by Gasteiger charge is 2.03. The zero-order valence-electron chi connectivity index (χ0n) is 13.2. The van der Waals surface area contributed by atoms with Crippen molar-refractivity contribution in [3.63, 3.8) is 0 Å². The molecule has 0 aliphatic rings. The van der Waals surface area contributed by atoms with Gasteiger partial charge in [0, 0.05) is 44.8 Å². The molecular formula is C18H21N3O. The zero-order chi connectivity index (χ0) is 15.9.